The summed E-state index contributed by atoms with van der Waals surface area (Å²) in [6.07, 6.45) is 1.57. The highest BCUT2D eigenvalue weighted by atomic mass is 35.5. The van der Waals surface area contributed by atoms with Crippen LogP contribution in [-0.2, 0) is 6.42 Å². The van der Waals surface area contributed by atoms with Crippen LogP contribution in [0.5, 0.6) is 0 Å². The summed E-state index contributed by atoms with van der Waals surface area (Å²) in [7, 11) is 0. The van der Waals surface area contributed by atoms with Crippen molar-refractivity contribution in [2.24, 2.45) is 0 Å². The molecule has 0 fully saturated rings. The minimum absolute atomic E-state index is 0.271. The first kappa shape index (κ1) is 17.9. The van der Waals surface area contributed by atoms with Gasteiger partial charge in [-0.15, -0.1) is 0 Å². The Bertz CT molecular complexity index is 935. The van der Waals surface area contributed by atoms with E-state index in [1.807, 2.05) is 30.3 Å². The molecule has 7 nitrogen and oxygen atoms in total. The zero-order valence-corrected chi connectivity index (χ0v) is 14.5. The number of hydrogen-bond acceptors (Lipinski definition) is 4. The van der Waals surface area contributed by atoms with Gasteiger partial charge in [-0.25, -0.2) is 9.59 Å². The number of aliphatic hydroxyl groups excluding tert-OH is 1. The molecule has 134 valence electrons. The lowest BCUT2D eigenvalue weighted by Gasteiger charge is -2.09. The minimum atomic E-state index is -0.692. The van der Waals surface area contributed by atoms with E-state index >= 15 is 0 Å². The van der Waals surface area contributed by atoms with Gasteiger partial charge in [0.1, 0.15) is 6.61 Å². The number of nitrogens with one attached hydrogen (secondary N) is 1. The van der Waals surface area contributed by atoms with Crippen molar-refractivity contribution in [3.63, 3.8) is 0 Å². The third-order valence-electron chi connectivity index (χ3n) is 3.79. The molecule has 1 amide bonds. The van der Waals surface area contributed by atoms with Gasteiger partial charge in [-0.2, -0.15) is 0 Å². The van der Waals surface area contributed by atoms with Gasteiger partial charge in [-0.05, 0) is 29.8 Å². The second-order valence-corrected chi connectivity index (χ2v) is 6.09. The molecule has 2 N–H and O–H groups in total. The van der Waals surface area contributed by atoms with Crippen molar-refractivity contribution in [2.75, 3.05) is 11.9 Å². The molecule has 0 radical (unpaired) electrons. The van der Waals surface area contributed by atoms with E-state index in [1.165, 1.54) is 4.68 Å². The number of aromatic nitrogens is 2. The van der Waals surface area contributed by atoms with Crippen LogP contribution in [0.1, 0.15) is 11.6 Å². The average molecular weight is 375 g/mol. The van der Waals surface area contributed by atoms with Crippen molar-refractivity contribution in [1.29, 1.82) is 0 Å². The first-order valence-corrected chi connectivity index (χ1v) is 8.31. The first-order chi connectivity index (χ1) is 12.6. The van der Waals surface area contributed by atoms with Gasteiger partial charge in [0.2, 0.25) is 6.04 Å². The zero-order chi connectivity index (χ0) is 18.5. The van der Waals surface area contributed by atoms with Gasteiger partial charge >= 0.3 is 11.7 Å². The monoisotopic (exact) mass is 374 g/mol. The third-order valence-corrected chi connectivity index (χ3v) is 4.04. The highest BCUT2D eigenvalue weighted by molar-refractivity contribution is 6.30. The third kappa shape index (κ3) is 4.19. The summed E-state index contributed by atoms with van der Waals surface area (Å²) in [4.78, 5) is 25.0. The molecule has 26 heavy (non-hydrogen) atoms. The molecule has 8 heteroatoms. The van der Waals surface area contributed by atoms with Gasteiger partial charge in [-0.3, -0.25) is 4.52 Å². The number of halogens is 1. The fourth-order valence-electron chi connectivity index (χ4n) is 2.55. The molecule has 0 saturated heterocycles. The topological polar surface area (TPSA) is 88.4 Å². The normalized spacial score (nSPS) is 11.9. The van der Waals surface area contributed by atoms with E-state index in [9.17, 15) is 14.7 Å². The van der Waals surface area contributed by atoms with Crippen LogP contribution in [0, 0.1) is 0 Å². The Morgan fingerprint density at radius 2 is 1.88 bits per heavy atom. The van der Waals surface area contributed by atoms with Gasteiger partial charge in [0.25, 0.3) is 6.20 Å². The summed E-state index contributed by atoms with van der Waals surface area (Å²) in [5.74, 6) is 0. The maximum Gasteiger partial charge on any atom is 0.427 e. The standard InChI is InChI=1S/C18H16ClN3O4/c19-14-6-8-15(9-7-14)20-18(25)22-21(11-17(24)26-22)16(12-23)10-13-4-2-1-3-5-13/h1-9,11,16,23H,10,12H2/p+1. The average Bonchev–Trinajstić information content (AvgIpc) is 3.04. The van der Waals surface area contributed by atoms with Crippen LogP contribution in [0.15, 0.2) is 70.1 Å². The number of nitrogens with zero attached hydrogens (tertiary/aromatic N) is 2. The summed E-state index contributed by atoms with van der Waals surface area (Å²) in [6.45, 7) is -0.271. The molecule has 3 rings (SSSR count). The molecule has 0 spiro atoms. The van der Waals surface area contributed by atoms with E-state index in [0.717, 1.165) is 16.6 Å². The van der Waals surface area contributed by atoms with E-state index in [2.05, 4.69) is 5.32 Å². The summed E-state index contributed by atoms with van der Waals surface area (Å²) >= 11 is 5.82. The van der Waals surface area contributed by atoms with Crippen LogP contribution in [0.2, 0.25) is 5.02 Å². The molecule has 0 aliphatic rings. The molecular formula is C18H17ClN3O4+. The van der Waals surface area contributed by atoms with Crippen LogP contribution in [0.25, 0.3) is 0 Å². The zero-order valence-electron chi connectivity index (χ0n) is 13.7. The maximum atomic E-state index is 12.5. The maximum absolute atomic E-state index is 12.5. The molecule has 1 heterocycles. The Hall–Kier alpha value is -2.90. The van der Waals surface area contributed by atoms with Crippen LogP contribution < -0.4 is 15.6 Å². The second kappa shape index (κ2) is 7.99. The molecule has 0 saturated carbocycles. The van der Waals surface area contributed by atoms with Gasteiger partial charge in [0.15, 0.2) is 0 Å². The molecule has 1 atom stereocenters. The lowest BCUT2D eigenvalue weighted by molar-refractivity contribution is -0.801. The minimum Gasteiger partial charge on any atom is -0.389 e. The summed E-state index contributed by atoms with van der Waals surface area (Å²) in [5.41, 5.74) is 0.756. The number of rotatable bonds is 5. The fourth-order valence-corrected chi connectivity index (χ4v) is 2.67. The van der Waals surface area contributed by atoms with Crippen LogP contribution in [0.3, 0.4) is 0 Å². The number of anilines is 1. The van der Waals surface area contributed by atoms with E-state index < -0.39 is 17.7 Å². The van der Waals surface area contributed by atoms with Crippen LogP contribution in [-0.4, -0.2) is 22.6 Å². The van der Waals surface area contributed by atoms with E-state index in [1.54, 1.807) is 24.3 Å². The Kier molecular flexibility index (Phi) is 5.50. The summed E-state index contributed by atoms with van der Waals surface area (Å²) < 4.78 is 6.26. The van der Waals surface area contributed by atoms with E-state index in [0.29, 0.717) is 17.1 Å². The number of benzene rings is 2. The van der Waals surface area contributed by atoms with Crippen molar-refractivity contribution in [3.8, 4) is 0 Å². The Morgan fingerprint density at radius 1 is 1.19 bits per heavy atom. The lowest BCUT2D eigenvalue weighted by Crippen LogP contribution is -2.52. The van der Waals surface area contributed by atoms with Crippen LogP contribution >= 0.6 is 11.6 Å². The summed E-state index contributed by atoms with van der Waals surface area (Å²) in [6, 6.07) is 14.7. The van der Waals surface area contributed by atoms with E-state index in [-0.39, 0.29) is 6.61 Å². The molecule has 3 aromatic rings. The Morgan fingerprint density at radius 3 is 2.54 bits per heavy atom. The summed E-state index contributed by atoms with van der Waals surface area (Å²) in [5, 5.41) is 12.9. The number of carbonyl (C=O) groups excluding carboxylic acids is 1. The number of amides is 1. The fraction of sp³-hybridized carbons (Fsp3) is 0.167. The molecular weight excluding hydrogens is 358 g/mol. The largest absolute Gasteiger partial charge is 0.427 e. The first-order valence-electron chi connectivity index (χ1n) is 7.93. The number of hydrogen-bond donors (Lipinski definition) is 2. The van der Waals surface area contributed by atoms with Crippen molar-refractivity contribution in [3.05, 3.63) is 81.8 Å². The Balaban J connectivity index is 1.85. The number of aliphatic hydroxyl groups is 1. The van der Waals surface area contributed by atoms with Crippen LogP contribution in [0.4, 0.5) is 10.5 Å². The van der Waals surface area contributed by atoms with Gasteiger partial charge in [0, 0.05) is 17.1 Å². The van der Waals surface area contributed by atoms with Crippen molar-refractivity contribution in [1.82, 2.24) is 4.85 Å². The highest BCUT2D eigenvalue weighted by Crippen LogP contribution is 2.13. The molecule has 0 aliphatic carbocycles. The number of carbonyl (C=O) groups is 1. The van der Waals surface area contributed by atoms with Gasteiger partial charge in [0.05, 0.1) is 4.85 Å². The molecule has 0 aliphatic heterocycles. The van der Waals surface area contributed by atoms with Crippen molar-refractivity contribution in [2.45, 2.75) is 12.5 Å². The van der Waals surface area contributed by atoms with Crippen molar-refractivity contribution < 1.29 is 19.1 Å². The smallest absolute Gasteiger partial charge is 0.389 e. The SMILES string of the molecule is O=C(Nc1ccc(Cl)cc1)n1oc(=O)c[n+]1C(CO)Cc1ccccc1. The highest BCUT2D eigenvalue weighted by Gasteiger charge is 2.30. The van der Waals surface area contributed by atoms with Crippen molar-refractivity contribution >= 4 is 23.3 Å². The quantitative estimate of drug-likeness (QED) is 0.670. The van der Waals surface area contributed by atoms with E-state index in [4.69, 9.17) is 16.1 Å². The molecule has 0 bridgehead atoms. The predicted octanol–water partition coefficient (Wildman–Crippen LogP) is 2.24. The predicted molar refractivity (Wildman–Crippen MR) is 95.3 cm³/mol. The second-order valence-electron chi connectivity index (χ2n) is 5.66. The lowest BCUT2D eigenvalue weighted by atomic mass is 10.1. The van der Waals surface area contributed by atoms with Gasteiger partial charge in [-0.1, -0.05) is 46.6 Å². The molecule has 2 aromatic carbocycles. The molecule has 1 aromatic heterocycles. The molecule has 1 unspecified atom stereocenters. The van der Waals surface area contributed by atoms with Gasteiger partial charge < -0.3 is 10.4 Å². The Labute approximate surface area is 154 Å².